The second-order valence-corrected chi connectivity index (χ2v) is 7.75. The Hall–Kier alpha value is -2.73. The minimum absolute atomic E-state index is 0.185. The highest BCUT2D eigenvalue weighted by Gasteiger charge is 2.05. The van der Waals surface area contributed by atoms with Crippen LogP contribution >= 0.6 is 11.8 Å². The van der Waals surface area contributed by atoms with Crippen molar-refractivity contribution in [3.63, 3.8) is 0 Å². The van der Waals surface area contributed by atoms with E-state index in [1.54, 1.807) is 0 Å². The summed E-state index contributed by atoms with van der Waals surface area (Å²) in [5.74, 6) is 2.29. The number of rotatable bonds is 8. The molecule has 0 fully saturated rings. The number of benzene rings is 2. The van der Waals surface area contributed by atoms with Crippen LogP contribution in [0.3, 0.4) is 0 Å². The molecule has 0 amide bonds. The third kappa shape index (κ3) is 6.16. The Morgan fingerprint density at radius 2 is 1.61 bits per heavy atom. The van der Waals surface area contributed by atoms with Crippen LogP contribution < -0.4 is 15.0 Å². The first kappa shape index (κ1) is 20.0. The van der Waals surface area contributed by atoms with E-state index in [1.165, 1.54) is 34.5 Å². The highest BCUT2D eigenvalue weighted by molar-refractivity contribution is 7.99. The Morgan fingerprint density at radius 1 is 0.893 bits per heavy atom. The van der Waals surface area contributed by atoms with E-state index in [1.807, 2.05) is 57.2 Å². The molecule has 1 heterocycles. The summed E-state index contributed by atoms with van der Waals surface area (Å²) in [5.41, 5.74) is 3.94. The van der Waals surface area contributed by atoms with Crippen LogP contribution in [0, 0.1) is 20.8 Å². The number of aryl methyl sites for hydroxylation is 3. The Kier molecular flexibility index (Phi) is 6.76. The average Bonchev–Trinajstić information content (AvgIpc) is 2.64. The molecular weight excluding hydrogens is 372 g/mol. The molecule has 0 bridgehead atoms. The first-order chi connectivity index (χ1) is 13.5. The molecule has 1 aromatic heterocycles. The van der Waals surface area contributed by atoms with Crippen molar-refractivity contribution in [2.75, 3.05) is 12.4 Å². The summed E-state index contributed by atoms with van der Waals surface area (Å²) in [6.07, 6.45) is 0. The normalized spacial score (nSPS) is 10.7. The van der Waals surface area contributed by atoms with Gasteiger partial charge in [0.2, 0.25) is 0 Å². The predicted octanol–water partition coefficient (Wildman–Crippen LogP) is 4.45. The van der Waals surface area contributed by atoms with Crippen molar-refractivity contribution in [2.45, 2.75) is 32.5 Å². The zero-order valence-corrected chi connectivity index (χ0v) is 17.1. The van der Waals surface area contributed by atoms with Gasteiger partial charge in [-0.3, -0.25) is 4.79 Å². The molecule has 0 aliphatic carbocycles. The minimum Gasteiger partial charge on any atom is -0.493 e. The highest BCUT2D eigenvalue weighted by Crippen LogP contribution is 2.18. The zero-order valence-electron chi connectivity index (χ0n) is 16.3. The van der Waals surface area contributed by atoms with Gasteiger partial charge in [-0.2, -0.15) is 0 Å². The largest absolute Gasteiger partial charge is 0.493 e. The molecule has 6 heteroatoms. The Bertz CT molecular complexity index is 964. The van der Waals surface area contributed by atoms with Crippen LogP contribution in [-0.4, -0.2) is 22.3 Å². The van der Waals surface area contributed by atoms with Gasteiger partial charge >= 0.3 is 0 Å². The van der Waals surface area contributed by atoms with Crippen LogP contribution in [-0.2, 0) is 6.61 Å². The van der Waals surface area contributed by atoms with Crippen molar-refractivity contribution in [1.29, 1.82) is 0 Å². The van der Waals surface area contributed by atoms with Crippen LogP contribution in [0.15, 0.2) is 58.5 Å². The van der Waals surface area contributed by atoms with Crippen molar-refractivity contribution >= 4 is 11.8 Å². The average molecular weight is 397 g/mol. The molecule has 146 valence electrons. The summed E-state index contributed by atoms with van der Waals surface area (Å²) in [6, 6.07) is 15.4. The number of thioether (sulfide) groups is 1. The smallest absolute Gasteiger partial charge is 0.251 e. The monoisotopic (exact) mass is 396 g/mol. The zero-order chi connectivity index (χ0) is 19.9. The van der Waals surface area contributed by atoms with E-state index in [0.29, 0.717) is 23.2 Å². The summed E-state index contributed by atoms with van der Waals surface area (Å²) in [4.78, 5) is 19.1. The maximum Gasteiger partial charge on any atom is 0.251 e. The van der Waals surface area contributed by atoms with E-state index >= 15 is 0 Å². The maximum atomic E-state index is 11.9. The first-order valence-electron chi connectivity index (χ1n) is 9.11. The van der Waals surface area contributed by atoms with Crippen LogP contribution in [0.4, 0.5) is 0 Å². The van der Waals surface area contributed by atoms with Gasteiger partial charge in [-0.25, -0.2) is 4.98 Å². The molecular formula is C22H24N2O3S. The van der Waals surface area contributed by atoms with Gasteiger partial charge in [0.05, 0.1) is 12.3 Å². The first-order valence-corrected chi connectivity index (χ1v) is 10.1. The van der Waals surface area contributed by atoms with E-state index < -0.39 is 0 Å². The molecule has 0 aliphatic rings. The van der Waals surface area contributed by atoms with Gasteiger partial charge in [0.15, 0.2) is 5.16 Å². The van der Waals surface area contributed by atoms with Crippen molar-refractivity contribution in [2.24, 2.45) is 0 Å². The van der Waals surface area contributed by atoms with Gasteiger partial charge in [0.25, 0.3) is 5.56 Å². The minimum atomic E-state index is -0.185. The molecule has 3 aromatic rings. The lowest BCUT2D eigenvalue weighted by Gasteiger charge is -2.09. The molecule has 5 nitrogen and oxygen atoms in total. The van der Waals surface area contributed by atoms with Gasteiger partial charge in [-0.1, -0.05) is 35.5 Å². The number of H-pyrrole nitrogens is 1. The topological polar surface area (TPSA) is 64.2 Å². The number of nitrogens with one attached hydrogen (secondary N) is 1. The molecule has 0 unspecified atom stereocenters. The number of ether oxygens (including phenoxy) is 2. The molecule has 0 aliphatic heterocycles. The molecule has 28 heavy (non-hydrogen) atoms. The molecule has 0 saturated carbocycles. The second kappa shape index (κ2) is 9.46. The summed E-state index contributed by atoms with van der Waals surface area (Å²) in [5, 5.41) is 0.569. The lowest BCUT2D eigenvalue weighted by Crippen LogP contribution is -2.12. The van der Waals surface area contributed by atoms with E-state index in [-0.39, 0.29) is 12.2 Å². The maximum absolute atomic E-state index is 11.9. The third-order valence-electron chi connectivity index (χ3n) is 3.97. The van der Waals surface area contributed by atoms with Crippen LogP contribution in [0.2, 0.25) is 0 Å². The van der Waals surface area contributed by atoms with Gasteiger partial charge in [0, 0.05) is 11.8 Å². The van der Waals surface area contributed by atoms with Crippen molar-refractivity contribution in [3.05, 3.63) is 81.3 Å². The number of aromatic amines is 1. The van der Waals surface area contributed by atoms with E-state index in [2.05, 4.69) is 16.0 Å². The van der Waals surface area contributed by atoms with Crippen LogP contribution in [0.25, 0.3) is 0 Å². The Balaban J connectivity index is 1.52. The van der Waals surface area contributed by atoms with E-state index in [9.17, 15) is 4.79 Å². The molecule has 0 atom stereocenters. The third-order valence-corrected chi connectivity index (χ3v) is 4.80. The van der Waals surface area contributed by atoms with Gasteiger partial charge in [0.1, 0.15) is 18.1 Å². The van der Waals surface area contributed by atoms with Crippen molar-refractivity contribution in [3.8, 4) is 11.5 Å². The fourth-order valence-electron chi connectivity index (χ4n) is 2.73. The van der Waals surface area contributed by atoms with Crippen molar-refractivity contribution in [1.82, 2.24) is 9.97 Å². The fraction of sp³-hybridized carbons (Fsp3) is 0.273. The quantitative estimate of drug-likeness (QED) is 0.346. The van der Waals surface area contributed by atoms with Gasteiger partial charge < -0.3 is 14.5 Å². The molecule has 3 rings (SSSR count). The highest BCUT2D eigenvalue weighted by atomic mass is 32.2. The van der Waals surface area contributed by atoms with E-state index in [0.717, 1.165) is 11.5 Å². The number of hydrogen-bond acceptors (Lipinski definition) is 5. The predicted molar refractivity (Wildman–Crippen MR) is 113 cm³/mol. The number of aromatic nitrogens is 2. The fourth-order valence-corrected chi connectivity index (χ4v) is 3.45. The summed E-state index contributed by atoms with van der Waals surface area (Å²) in [6.45, 7) is 6.90. The lowest BCUT2D eigenvalue weighted by atomic mass is 10.1. The molecule has 0 saturated heterocycles. The standard InChI is InChI=1S/C22H24N2O3S/c1-15-4-6-19(7-5-15)27-14-18-13-21(25)24-22(23-18)28-9-8-26-20-11-16(2)10-17(3)12-20/h4-7,10-13H,8-9,14H2,1-3H3,(H,23,24,25). The van der Waals surface area contributed by atoms with Crippen LogP contribution in [0.1, 0.15) is 22.4 Å². The molecule has 0 radical (unpaired) electrons. The number of hydrogen-bond donors (Lipinski definition) is 1. The Morgan fingerprint density at radius 3 is 2.32 bits per heavy atom. The summed E-state index contributed by atoms with van der Waals surface area (Å²) in [7, 11) is 0. The van der Waals surface area contributed by atoms with Crippen molar-refractivity contribution < 1.29 is 9.47 Å². The summed E-state index contributed by atoms with van der Waals surface area (Å²) >= 11 is 1.45. The SMILES string of the molecule is Cc1ccc(OCc2cc(=O)[nH]c(SCCOc3cc(C)cc(C)c3)n2)cc1. The molecule has 0 spiro atoms. The Labute approximate surface area is 169 Å². The summed E-state index contributed by atoms with van der Waals surface area (Å²) < 4.78 is 11.5. The van der Waals surface area contributed by atoms with E-state index in [4.69, 9.17) is 9.47 Å². The second-order valence-electron chi connectivity index (χ2n) is 6.66. The molecule has 2 aromatic carbocycles. The number of nitrogens with zero attached hydrogens (tertiary/aromatic N) is 1. The van der Waals surface area contributed by atoms with Gasteiger partial charge in [-0.05, 0) is 56.2 Å². The van der Waals surface area contributed by atoms with Gasteiger partial charge in [-0.15, -0.1) is 0 Å². The lowest BCUT2D eigenvalue weighted by molar-refractivity contribution is 0.299. The molecule has 1 N–H and O–H groups in total. The van der Waals surface area contributed by atoms with Crippen LogP contribution in [0.5, 0.6) is 11.5 Å².